The van der Waals surface area contributed by atoms with Crippen LogP contribution in [-0.4, -0.2) is 30.0 Å². The van der Waals surface area contributed by atoms with Crippen molar-refractivity contribution in [1.82, 2.24) is 0 Å². The first-order valence-electron chi connectivity index (χ1n) is 5.71. The zero-order chi connectivity index (χ0) is 12.8. The highest BCUT2D eigenvalue weighted by Crippen LogP contribution is 2.48. The lowest BCUT2D eigenvalue weighted by atomic mass is 9.69. The fourth-order valence-electron chi connectivity index (χ4n) is 3.12. The molecule has 98 valence electrons. The van der Waals surface area contributed by atoms with E-state index >= 15 is 0 Å². The lowest BCUT2D eigenvalue weighted by Gasteiger charge is -2.37. The summed E-state index contributed by atoms with van der Waals surface area (Å²) in [5.41, 5.74) is 0. The molecule has 0 aromatic carbocycles. The SMILES string of the molecule is C[C@@H]1CO[C@H]2C[C@@H](C(F)(F)F)C[C@@H](C(=O)O)[C@@H]12. The Morgan fingerprint density at radius 2 is 2.00 bits per heavy atom. The third-order valence-electron chi connectivity index (χ3n) is 3.96. The molecule has 3 nitrogen and oxygen atoms in total. The molecule has 1 aliphatic carbocycles. The molecule has 0 bridgehead atoms. The van der Waals surface area contributed by atoms with Gasteiger partial charge >= 0.3 is 12.1 Å². The maximum atomic E-state index is 12.7. The second kappa shape index (κ2) is 4.15. The molecule has 0 aromatic heterocycles. The maximum absolute atomic E-state index is 12.7. The van der Waals surface area contributed by atoms with Crippen LogP contribution in [0, 0.1) is 23.7 Å². The number of ether oxygens (including phenoxy) is 1. The van der Waals surface area contributed by atoms with Gasteiger partial charge in [-0.15, -0.1) is 0 Å². The molecule has 17 heavy (non-hydrogen) atoms. The molecule has 1 saturated carbocycles. The van der Waals surface area contributed by atoms with Crippen LogP contribution in [0.15, 0.2) is 0 Å². The number of fused-ring (bicyclic) bond motifs is 1. The van der Waals surface area contributed by atoms with Gasteiger partial charge in [-0.2, -0.15) is 13.2 Å². The summed E-state index contributed by atoms with van der Waals surface area (Å²) < 4.78 is 43.4. The maximum Gasteiger partial charge on any atom is 0.391 e. The standard InChI is InChI=1S/C11H15F3O3/c1-5-4-17-8-3-6(11(12,13)14)2-7(9(5)8)10(15)16/h5-9H,2-4H2,1H3,(H,15,16)/t5-,6+,7-,8+,9-/m1/s1. The fraction of sp³-hybridized carbons (Fsp3) is 0.909. The fourth-order valence-corrected chi connectivity index (χ4v) is 3.12. The average molecular weight is 252 g/mol. The minimum absolute atomic E-state index is 0.0234. The molecule has 0 unspecified atom stereocenters. The summed E-state index contributed by atoms with van der Waals surface area (Å²) in [4.78, 5) is 11.1. The third-order valence-corrected chi connectivity index (χ3v) is 3.96. The van der Waals surface area contributed by atoms with Crippen molar-refractivity contribution in [3.05, 3.63) is 0 Å². The molecule has 5 atom stereocenters. The Morgan fingerprint density at radius 1 is 1.35 bits per heavy atom. The molecule has 6 heteroatoms. The summed E-state index contributed by atoms with van der Waals surface area (Å²) in [7, 11) is 0. The van der Waals surface area contributed by atoms with Gasteiger partial charge in [-0.1, -0.05) is 6.92 Å². The Hall–Kier alpha value is -0.780. The number of alkyl halides is 3. The van der Waals surface area contributed by atoms with Crippen LogP contribution in [0.2, 0.25) is 0 Å². The number of aliphatic carboxylic acids is 1. The molecule has 0 radical (unpaired) electrons. The number of halogens is 3. The van der Waals surface area contributed by atoms with Crippen LogP contribution >= 0.6 is 0 Å². The summed E-state index contributed by atoms with van der Waals surface area (Å²) in [6.45, 7) is 2.21. The zero-order valence-corrected chi connectivity index (χ0v) is 9.41. The van der Waals surface area contributed by atoms with Gasteiger partial charge < -0.3 is 9.84 Å². The first-order valence-corrected chi connectivity index (χ1v) is 5.71. The van der Waals surface area contributed by atoms with E-state index in [2.05, 4.69) is 0 Å². The molecule has 0 amide bonds. The van der Waals surface area contributed by atoms with Crippen LogP contribution in [0.5, 0.6) is 0 Å². The van der Waals surface area contributed by atoms with E-state index in [1.54, 1.807) is 0 Å². The van der Waals surface area contributed by atoms with Gasteiger partial charge in [-0.3, -0.25) is 4.79 Å². The average Bonchev–Trinajstić information content (AvgIpc) is 2.58. The Morgan fingerprint density at radius 3 is 2.53 bits per heavy atom. The summed E-state index contributed by atoms with van der Waals surface area (Å²) in [5, 5.41) is 9.06. The first kappa shape index (κ1) is 12.7. The van der Waals surface area contributed by atoms with E-state index in [1.807, 2.05) is 6.92 Å². The lowest BCUT2D eigenvalue weighted by molar-refractivity contribution is -0.201. The van der Waals surface area contributed by atoms with Crippen LogP contribution in [0.1, 0.15) is 19.8 Å². The summed E-state index contributed by atoms with van der Waals surface area (Å²) in [6.07, 6.45) is -5.28. The van der Waals surface area contributed by atoms with E-state index in [-0.39, 0.29) is 24.7 Å². The third kappa shape index (κ3) is 2.27. The van der Waals surface area contributed by atoms with Crippen molar-refractivity contribution in [1.29, 1.82) is 0 Å². The van der Waals surface area contributed by atoms with E-state index in [1.165, 1.54) is 0 Å². The number of carboxylic acid groups (broad SMARTS) is 1. The monoisotopic (exact) mass is 252 g/mol. The van der Waals surface area contributed by atoms with E-state index < -0.39 is 30.1 Å². The molecule has 2 fully saturated rings. The van der Waals surface area contributed by atoms with Crippen molar-refractivity contribution in [2.75, 3.05) is 6.61 Å². The van der Waals surface area contributed by atoms with Gasteiger partial charge in [0.1, 0.15) is 0 Å². The minimum atomic E-state index is -4.33. The largest absolute Gasteiger partial charge is 0.481 e. The number of carboxylic acids is 1. The quantitative estimate of drug-likeness (QED) is 0.779. The summed E-state index contributed by atoms with van der Waals surface area (Å²) >= 11 is 0. The van der Waals surface area contributed by atoms with E-state index in [0.717, 1.165) is 0 Å². The second-order valence-electron chi connectivity index (χ2n) is 5.08. The smallest absolute Gasteiger partial charge is 0.391 e. The van der Waals surface area contributed by atoms with Crippen LogP contribution in [0.4, 0.5) is 13.2 Å². The Kier molecular flexibility index (Phi) is 3.10. The highest BCUT2D eigenvalue weighted by atomic mass is 19.4. The van der Waals surface area contributed by atoms with Crippen molar-refractivity contribution in [3.63, 3.8) is 0 Å². The normalized spacial score (nSPS) is 42.2. The molecule has 1 saturated heterocycles. The van der Waals surface area contributed by atoms with Crippen molar-refractivity contribution in [2.45, 2.75) is 32.0 Å². The Balaban J connectivity index is 2.20. The van der Waals surface area contributed by atoms with Crippen LogP contribution in [-0.2, 0) is 9.53 Å². The highest BCUT2D eigenvalue weighted by molar-refractivity contribution is 5.70. The number of carbonyl (C=O) groups is 1. The summed E-state index contributed by atoms with van der Waals surface area (Å²) in [5.74, 6) is -3.86. The van der Waals surface area contributed by atoms with Crippen molar-refractivity contribution >= 4 is 5.97 Å². The van der Waals surface area contributed by atoms with Crippen molar-refractivity contribution < 1.29 is 27.8 Å². The van der Waals surface area contributed by atoms with Crippen LogP contribution in [0.25, 0.3) is 0 Å². The van der Waals surface area contributed by atoms with Crippen LogP contribution in [0.3, 0.4) is 0 Å². The molecule has 0 spiro atoms. The molecule has 1 N–H and O–H groups in total. The number of hydrogen-bond donors (Lipinski definition) is 1. The molecular formula is C11H15F3O3. The highest BCUT2D eigenvalue weighted by Gasteiger charge is 2.54. The van der Waals surface area contributed by atoms with E-state index in [9.17, 15) is 18.0 Å². The minimum Gasteiger partial charge on any atom is -0.481 e. The van der Waals surface area contributed by atoms with Gasteiger partial charge in [0.2, 0.25) is 0 Å². The number of rotatable bonds is 1. The van der Waals surface area contributed by atoms with Gasteiger partial charge in [-0.05, 0) is 18.8 Å². The van der Waals surface area contributed by atoms with Gasteiger partial charge in [-0.25, -0.2) is 0 Å². The first-order chi connectivity index (χ1) is 7.80. The molecular weight excluding hydrogens is 237 g/mol. The predicted molar refractivity (Wildman–Crippen MR) is 52.3 cm³/mol. The molecule has 1 aliphatic heterocycles. The molecule has 2 aliphatic rings. The Bertz CT molecular complexity index is 316. The van der Waals surface area contributed by atoms with Crippen LogP contribution < -0.4 is 0 Å². The van der Waals surface area contributed by atoms with Crippen molar-refractivity contribution in [2.24, 2.45) is 23.7 Å². The lowest BCUT2D eigenvalue weighted by Crippen LogP contribution is -2.44. The van der Waals surface area contributed by atoms with Gasteiger partial charge in [0.25, 0.3) is 0 Å². The summed E-state index contributed by atoms with van der Waals surface area (Å²) in [6, 6.07) is 0. The molecule has 0 aromatic rings. The van der Waals surface area contributed by atoms with E-state index in [0.29, 0.717) is 6.61 Å². The second-order valence-corrected chi connectivity index (χ2v) is 5.08. The zero-order valence-electron chi connectivity index (χ0n) is 9.41. The molecule has 2 rings (SSSR count). The molecule has 1 heterocycles. The Labute approximate surface area is 96.9 Å². The number of hydrogen-bond acceptors (Lipinski definition) is 2. The van der Waals surface area contributed by atoms with Gasteiger partial charge in [0.15, 0.2) is 0 Å². The van der Waals surface area contributed by atoms with E-state index in [4.69, 9.17) is 9.84 Å². The predicted octanol–water partition coefficient (Wildman–Crippen LogP) is 2.31. The topological polar surface area (TPSA) is 46.5 Å². The van der Waals surface area contributed by atoms with Gasteiger partial charge in [0, 0.05) is 12.5 Å². The van der Waals surface area contributed by atoms with Gasteiger partial charge in [0.05, 0.1) is 17.9 Å². The van der Waals surface area contributed by atoms with Crippen molar-refractivity contribution in [3.8, 4) is 0 Å².